The summed E-state index contributed by atoms with van der Waals surface area (Å²) in [5, 5.41) is 84.6. The Morgan fingerprint density at radius 3 is 2.14 bits per heavy atom. The van der Waals surface area contributed by atoms with Gasteiger partial charge in [0.05, 0.1) is 43.9 Å². The average molecular weight is 811 g/mol. The molecule has 0 radical (unpaired) electrons. The van der Waals surface area contributed by atoms with Crippen LogP contribution in [0.1, 0.15) is 98.8 Å². The molecule has 7 aliphatic rings. The van der Waals surface area contributed by atoms with E-state index in [2.05, 4.69) is 26.8 Å². The molecular formula is C42H66O15. The van der Waals surface area contributed by atoms with Gasteiger partial charge in [0.2, 0.25) is 0 Å². The van der Waals surface area contributed by atoms with Crippen molar-refractivity contribution in [3.63, 3.8) is 0 Å². The number of aliphatic hydroxyl groups excluding tert-OH is 7. The molecule has 0 aromatic heterocycles. The number of aliphatic hydroxyl groups is 7. The number of carbonyl (C=O) groups is 2. The molecule has 0 amide bonds. The van der Waals surface area contributed by atoms with Crippen molar-refractivity contribution in [3.8, 4) is 0 Å². The van der Waals surface area contributed by atoms with Crippen LogP contribution >= 0.6 is 0 Å². The summed E-state index contributed by atoms with van der Waals surface area (Å²) in [5.74, 6) is -1.10. The molecule has 57 heavy (non-hydrogen) atoms. The van der Waals surface area contributed by atoms with E-state index in [4.69, 9.17) is 23.7 Å². The quantitative estimate of drug-likeness (QED) is 0.0988. The molecule has 2 heterocycles. The van der Waals surface area contributed by atoms with E-state index in [1.54, 1.807) is 0 Å². The van der Waals surface area contributed by atoms with E-state index in [9.17, 15) is 50.4 Å². The van der Waals surface area contributed by atoms with Crippen molar-refractivity contribution in [3.05, 3.63) is 11.6 Å². The lowest BCUT2D eigenvalue weighted by Gasteiger charge is -2.71. The predicted octanol–water partition coefficient (Wildman–Crippen LogP) is 1.65. The molecule has 7 rings (SSSR count). The van der Waals surface area contributed by atoms with Crippen LogP contribution in [0.25, 0.3) is 0 Å². The Labute approximate surface area is 334 Å². The van der Waals surface area contributed by atoms with Crippen molar-refractivity contribution in [1.29, 1.82) is 0 Å². The minimum Gasteiger partial charge on any atom is -0.481 e. The Bertz CT molecular complexity index is 1570. The van der Waals surface area contributed by atoms with Gasteiger partial charge in [-0.3, -0.25) is 9.59 Å². The smallest absolute Gasteiger partial charge is 0.311 e. The molecule has 5 aliphatic carbocycles. The maximum Gasteiger partial charge on any atom is 0.311 e. The molecule has 324 valence electrons. The zero-order chi connectivity index (χ0) is 41.7. The number of hydrogen-bond donors (Lipinski definition) is 8. The molecule has 4 saturated carbocycles. The van der Waals surface area contributed by atoms with Gasteiger partial charge < -0.3 is 64.5 Å². The van der Waals surface area contributed by atoms with Crippen LogP contribution in [-0.4, -0.2) is 141 Å². The van der Waals surface area contributed by atoms with Gasteiger partial charge in [0.1, 0.15) is 42.7 Å². The van der Waals surface area contributed by atoms with Crippen molar-refractivity contribution < 1.29 is 74.1 Å². The molecule has 0 spiro atoms. The molecule has 6 fully saturated rings. The van der Waals surface area contributed by atoms with Gasteiger partial charge >= 0.3 is 11.9 Å². The molecule has 0 aromatic rings. The van der Waals surface area contributed by atoms with Gasteiger partial charge in [-0.25, -0.2) is 0 Å². The van der Waals surface area contributed by atoms with Gasteiger partial charge in [0.15, 0.2) is 12.6 Å². The Hall–Kier alpha value is -1.76. The first-order valence-corrected chi connectivity index (χ1v) is 20.9. The Kier molecular flexibility index (Phi) is 11.4. The van der Waals surface area contributed by atoms with Crippen LogP contribution in [0.3, 0.4) is 0 Å². The Balaban J connectivity index is 1.09. The highest BCUT2D eigenvalue weighted by Crippen LogP contribution is 2.76. The highest BCUT2D eigenvalue weighted by molar-refractivity contribution is 5.80. The first kappa shape index (κ1) is 43.3. The number of aliphatic carboxylic acids is 1. The predicted molar refractivity (Wildman–Crippen MR) is 200 cm³/mol. The van der Waals surface area contributed by atoms with Gasteiger partial charge in [-0.2, -0.15) is 0 Å². The summed E-state index contributed by atoms with van der Waals surface area (Å²) in [5.41, 5.74) is -1.94. The largest absolute Gasteiger partial charge is 0.481 e. The summed E-state index contributed by atoms with van der Waals surface area (Å²) >= 11 is 0. The lowest BCUT2D eigenvalue weighted by Crippen LogP contribution is -2.67. The second kappa shape index (κ2) is 15.0. The number of methoxy groups -OCH3 is 1. The van der Waals surface area contributed by atoms with Crippen LogP contribution in [-0.2, 0) is 33.3 Å². The van der Waals surface area contributed by atoms with Crippen LogP contribution in [0.5, 0.6) is 0 Å². The number of carbonyl (C=O) groups excluding carboxylic acids is 1. The highest BCUT2D eigenvalue weighted by Gasteiger charge is 2.70. The summed E-state index contributed by atoms with van der Waals surface area (Å²) in [6.07, 6.45) is -5.10. The summed E-state index contributed by atoms with van der Waals surface area (Å²) in [4.78, 5) is 26.2. The van der Waals surface area contributed by atoms with Gasteiger partial charge in [-0.05, 0) is 105 Å². The van der Waals surface area contributed by atoms with Crippen LogP contribution in [0.4, 0.5) is 0 Å². The molecule has 2 aliphatic heterocycles. The van der Waals surface area contributed by atoms with Crippen LogP contribution < -0.4 is 0 Å². The van der Waals surface area contributed by atoms with E-state index < -0.39 is 90.2 Å². The SMILES string of the molecule is COC(=O)[C@@]1(C)CC[C@]2(C(=O)O)CC[C@]3(C)C(=CCC4[C@@]5(C)CC[C@H](O[C@@H]6OC[C@@H](O[C@@H]7O[C@H](CO)[C@@H](O)[C@H](O)[C@H]7O)[C@H](O)[C@H]6O)[C@@](C)(CO)C5CC[C@]43C)[C@@H]2C1. The number of rotatable bonds is 8. The number of carboxylic acids is 1. The molecule has 2 saturated heterocycles. The fourth-order valence-electron chi connectivity index (χ4n) is 13.6. The first-order valence-electron chi connectivity index (χ1n) is 20.9. The van der Waals surface area contributed by atoms with E-state index >= 15 is 0 Å². The summed E-state index contributed by atoms with van der Waals surface area (Å²) in [6, 6.07) is 0. The zero-order valence-electron chi connectivity index (χ0n) is 34.2. The van der Waals surface area contributed by atoms with Crippen molar-refractivity contribution in [2.45, 2.75) is 160 Å². The second-order valence-electron chi connectivity index (χ2n) is 19.9. The summed E-state index contributed by atoms with van der Waals surface area (Å²) in [7, 11) is 1.40. The van der Waals surface area contributed by atoms with Gasteiger partial charge in [-0.1, -0.05) is 39.3 Å². The fourth-order valence-corrected chi connectivity index (χ4v) is 13.6. The first-order chi connectivity index (χ1) is 26.7. The summed E-state index contributed by atoms with van der Waals surface area (Å²) < 4.78 is 28.8. The van der Waals surface area contributed by atoms with Crippen LogP contribution in [0.15, 0.2) is 11.6 Å². The maximum atomic E-state index is 13.1. The van der Waals surface area contributed by atoms with Gasteiger partial charge in [0, 0.05) is 5.41 Å². The van der Waals surface area contributed by atoms with Gasteiger partial charge in [-0.15, -0.1) is 0 Å². The van der Waals surface area contributed by atoms with Crippen molar-refractivity contribution in [2.75, 3.05) is 26.9 Å². The molecule has 0 bridgehead atoms. The van der Waals surface area contributed by atoms with Crippen molar-refractivity contribution in [2.24, 2.45) is 50.2 Å². The standard InChI is InChI=1S/C42H66O15/c1-37(36(52)53-6)13-15-42(35(50)51)16-14-40(4)21(22(42)17-37)7-8-26-38(2)11-10-27(39(3,20-44)25(38)9-12-41(26,40)5)57-33-31(48)29(46)24(19-54-33)56-34-32(49)30(47)28(45)23(18-43)55-34/h7,22-34,43-49H,8-20H2,1-6H3,(H,50,51)/t22-,23+,24+,25?,26?,27-,28+,29-,30-,31+,32+,33-,34-,37-,38-,39-,40+,41+,42-/m0/s1. The highest BCUT2D eigenvalue weighted by atomic mass is 16.7. The van der Waals surface area contributed by atoms with E-state index in [1.165, 1.54) is 12.7 Å². The van der Waals surface area contributed by atoms with E-state index in [0.717, 1.165) is 32.1 Å². The number of hydrogen-bond acceptors (Lipinski definition) is 14. The third-order valence-electron chi connectivity index (χ3n) is 17.5. The van der Waals surface area contributed by atoms with E-state index in [-0.39, 0.29) is 53.2 Å². The normalized spacial score (nSPS) is 53.6. The topological polar surface area (TPSA) is 242 Å². The van der Waals surface area contributed by atoms with Crippen LogP contribution in [0.2, 0.25) is 0 Å². The third kappa shape index (κ3) is 6.30. The monoisotopic (exact) mass is 810 g/mol. The molecule has 8 N–H and O–H groups in total. The van der Waals surface area contributed by atoms with Crippen molar-refractivity contribution >= 4 is 11.9 Å². The lowest BCUT2D eigenvalue weighted by atomic mass is 9.33. The summed E-state index contributed by atoms with van der Waals surface area (Å²) in [6.45, 7) is 9.90. The number of ether oxygens (including phenoxy) is 5. The minimum absolute atomic E-state index is 0.0253. The average Bonchev–Trinajstić information content (AvgIpc) is 3.18. The number of allylic oxidation sites excluding steroid dienone is 2. The third-order valence-corrected chi connectivity index (χ3v) is 17.5. The molecule has 0 aromatic carbocycles. The molecule has 15 nitrogen and oxygen atoms in total. The zero-order valence-corrected chi connectivity index (χ0v) is 34.2. The van der Waals surface area contributed by atoms with Gasteiger partial charge in [0.25, 0.3) is 0 Å². The number of carboxylic acid groups (broad SMARTS) is 1. The number of fused-ring (bicyclic) bond motifs is 7. The minimum atomic E-state index is -1.69. The molecule has 2 unspecified atom stereocenters. The van der Waals surface area contributed by atoms with Crippen molar-refractivity contribution in [1.82, 2.24) is 0 Å². The maximum absolute atomic E-state index is 13.1. The molecular weight excluding hydrogens is 744 g/mol. The Morgan fingerprint density at radius 2 is 1.49 bits per heavy atom. The molecule has 19 atom stereocenters. The van der Waals surface area contributed by atoms with E-state index in [1.807, 2.05) is 13.8 Å². The lowest BCUT2D eigenvalue weighted by molar-refractivity contribution is -0.352. The Morgan fingerprint density at radius 1 is 0.807 bits per heavy atom. The second-order valence-corrected chi connectivity index (χ2v) is 19.9. The fraction of sp³-hybridized carbons (Fsp3) is 0.905. The van der Waals surface area contributed by atoms with E-state index in [0.29, 0.717) is 32.1 Å². The number of esters is 1. The van der Waals surface area contributed by atoms with Crippen LogP contribution in [0, 0.1) is 50.2 Å². The molecule has 15 heteroatoms.